The molecule has 0 aliphatic carbocycles. The van der Waals surface area contributed by atoms with E-state index in [4.69, 9.17) is 9.05 Å². The summed E-state index contributed by atoms with van der Waals surface area (Å²) in [4.78, 5) is 0. The summed E-state index contributed by atoms with van der Waals surface area (Å²) in [5, 5.41) is 0. The van der Waals surface area contributed by atoms with Crippen LogP contribution < -0.4 is 0 Å². The summed E-state index contributed by atoms with van der Waals surface area (Å²) in [5.74, 6) is 0. The Morgan fingerprint density at radius 2 is 2.00 bits per heavy atom. The van der Waals surface area contributed by atoms with E-state index in [0.29, 0.717) is 0 Å². The Balaban J connectivity index is 2.54. The van der Waals surface area contributed by atoms with E-state index < -0.39 is 16.8 Å². The van der Waals surface area contributed by atoms with Crippen molar-refractivity contribution >= 4 is 16.8 Å². The quantitative estimate of drug-likeness (QED) is 0.540. The van der Waals surface area contributed by atoms with E-state index in [9.17, 15) is 0 Å². The smallest absolute Gasteiger partial charge is 0.252 e. The highest BCUT2D eigenvalue weighted by Crippen LogP contribution is 2.50. The molecule has 3 nitrogen and oxygen atoms in total. The van der Waals surface area contributed by atoms with E-state index in [1.807, 2.05) is 0 Å². The van der Waals surface area contributed by atoms with Crippen LogP contribution in [0.5, 0.6) is 0 Å². The van der Waals surface area contributed by atoms with Crippen molar-refractivity contribution in [2.45, 2.75) is 39.6 Å². The molecule has 13 heavy (non-hydrogen) atoms. The molecule has 1 aliphatic rings. The Bertz CT molecular complexity index is 172. The van der Waals surface area contributed by atoms with Gasteiger partial charge in [-0.05, 0) is 13.8 Å². The summed E-state index contributed by atoms with van der Waals surface area (Å²) < 4.78 is 13.8. The molecular formula is C8H20NO2PSi. The van der Waals surface area contributed by atoms with Gasteiger partial charge in [0.2, 0.25) is 0 Å². The molecule has 0 spiro atoms. The Morgan fingerprint density at radius 1 is 1.38 bits per heavy atom. The molecule has 0 aromatic carbocycles. The summed E-state index contributed by atoms with van der Waals surface area (Å²) in [7, 11) is -1.98. The minimum atomic E-state index is -1.24. The predicted octanol–water partition coefficient (Wildman–Crippen LogP) is 2.81. The second kappa shape index (κ2) is 4.37. The van der Waals surface area contributed by atoms with Crippen molar-refractivity contribution in [3.05, 3.63) is 0 Å². The monoisotopic (exact) mass is 221 g/mol. The van der Waals surface area contributed by atoms with Gasteiger partial charge in [-0.1, -0.05) is 19.6 Å². The number of hydrogen-bond donors (Lipinski definition) is 0. The lowest BCUT2D eigenvalue weighted by atomic mass is 10.5. The van der Waals surface area contributed by atoms with Crippen molar-refractivity contribution in [2.75, 3.05) is 13.2 Å². The standard InChI is InChI=1S/C8H20NO2PSi/c1-8(2)11-12-9(6-7-10-12)13(3,4)5/h8H,6-7H2,1-5H3. The van der Waals surface area contributed by atoms with Crippen molar-refractivity contribution in [3.8, 4) is 0 Å². The highest BCUT2D eigenvalue weighted by atomic mass is 31.2. The zero-order valence-electron chi connectivity index (χ0n) is 9.20. The topological polar surface area (TPSA) is 21.7 Å². The van der Waals surface area contributed by atoms with E-state index in [1.54, 1.807) is 0 Å². The Labute approximate surface area is 83.5 Å². The first-order valence-corrected chi connectivity index (χ1v) is 9.36. The molecule has 0 bridgehead atoms. The van der Waals surface area contributed by atoms with Crippen molar-refractivity contribution in [3.63, 3.8) is 0 Å². The van der Waals surface area contributed by atoms with Gasteiger partial charge in [0.25, 0.3) is 8.53 Å². The molecule has 1 fully saturated rings. The lowest BCUT2D eigenvalue weighted by Gasteiger charge is -2.32. The molecule has 1 unspecified atom stereocenters. The number of nitrogens with zero attached hydrogens (tertiary/aromatic N) is 1. The fraction of sp³-hybridized carbons (Fsp3) is 1.00. The number of rotatable bonds is 3. The van der Waals surface area contributed by atoms with Gasteiger partial charge in [-0.3, -0.25) is 4.34 Å². The second-order valence-corrected chi connectivity index (χ2v) is 11.2. The molecule has 0 saturated carbocycles. The summed E-state index contributed by atoms with van der Waals surface area (Å²) in [6.07, 6.45) is 0.267. The van der Waals surface area contributed by atoms with Gasteiger partial charge >= 0.3 is 0 Å². The molecule has 78 valence electrons. The fourth-order valence-corrected chi connectivity index (χ4v) is 5.40. The average molecular weight is 221 g/mol. The van der Waals surface area contributed by atoms with Crippen LogP contribution in [0.4, 0.5) is 0 Å². The van der Waals surface area contributed by atoms with Gasteiger partial charge in [-0.2, -0.15) is 0 Å². The van der Waals surface area contributed by atoms with Gasteiger partial charge in [0.05, 0.1) is 12.7 Å². The third kappa shape index (κ3) is 3.29. The van der Waals surface area contributed by atoms with Crippen LogP contribution in [-0.2, 0) is 9.05 Å². The molecule has 1 rings (SSSR count). The van der Waals surface area contributed by atoms with E-state index in [0.717, 1.165) is 13.2 Å². The highest BCUT2D eigenvalue weighted by molar-refractivity contribution is 7.47. The molecule has 1 aliphatic heterocycles. The normalized spacial score (nSPS) is 25.8. The SMILES string of the molecule is CC(C)OP1OCCN1[Si](C)(C)C. The van der Waals surface area contributed by atoms with E-state index >= 15 is 0 Å². The maximum absolute atomic E-state index is 5.75. The molecule has 0 aromatic rings. The van der Waals surface area contributed by atoms with Crippen LogP contribution >= 0.6 is 8.53 Å². The zero-order valence-corrected chi connectivity index (χ0v) is 11.1. The second-order valence-electron chi connectivity index (χ2n) is 4.52. The summed E-state index contributed by atoms with van der Waals surface area (Å²) in [6.45, 7) is 13.0. The van der Waals surface area contributed by atoms with Gasteiger partial charge in [0, 0.05) is 6.54 Å². The van der Waals surface area contributed by atoms with Gasteiger partial charge in [0.15, 0.2) is 0 Å². The molecular weight excluding hydrogens is 201 g/mol. The maximum Gasteiger partial charge on any atom is 0.252 e. The molecule has 0 aromatic heterocycles. The Hall–Kier alpha value is 0.527. The summed E-state index contributed by atoms with van der Waals surface area (Å²) in [6, 6.07) is 0. The average Bonchev–Trinajstić information content (AvgIpc) is 2.31. The lowest BCUT2D eigenvalue weighted by Crippen LogP contribution is -2.41. The first kappa shape index (κ1) is 11.6. The molecule has 1 saturated heterocycles. The van der Waals surface area contributed by atoms with Gasteiger partial charge in [0.1, 0.15) is 8.24 Å². The Kier molecular flexibility index (Phi) is 3.90. The van der Waals surface area contributed by atoms with Gasteiger partial charge in [-0.25, -0.2) is 0 Å². The van der Waals surface area contributed by atoms with E-state index in [1.165, 1.54) is 0 Å². The van der Waals surface area contributed by atoms with Crippen LogP contribution in [0.1, 0.15) is 13.8 Å². The van der Waals surface area contributed by atoms with Crippen LogP contribution in [0, 0.1) is 0 Å². The van der Waals surface area contributed by atoms with Crippen molar-refractivity contribution < 1.29 is 9.05 Å². The molecule has 5 heteroatoms. The lowest BCUT2D eigenvalue weighted by molar-refractivity contribution is 0.218. The predicted molar refractivity (Wildman–Crippen MR) is 59.1 cm³/mol. The van der Waals surface area contributed by atoms with E-state index in [2.05, 4.69) is 37.8 Å². The number of hydrogen-bond acceptors (Lipinski definition) is 3. The van der Waals surface area contributed by atoms with Gasteiger partial charge in [-0.15, -0.1) is 0 Å². The molecule has 0 amide bonds. The van der Waals surface area contributed by atoms with Crippen LogP contribution in [-0.4, -0.2) is 31.8 Å². The third-order valence-electron chi connectivity index (χ3n) is 1.78. The molecule has 0 N–H and O–H groups in total. The van der Waals surface area contributed by atoms with Crippen LogP contribution in [0.15, 0.2) is 0 Å². The fourth-order valence-electron chi connectivity index (χ4n) is 1.20. The first-order valence-electron chi connectivity index (χ1n) is 4.78. The maximum atomic E-state index is 5.75. The molecule has 0 radical (unpaired) electrons. The van der Waals surface area contributed by atoms with Crippen molar-refractivity contribution in [1.82, 2.24) is 4.34 Å². The molecule has 1 atom stereocenters. The first-order chi connectivity index (χ1) is 5.91. The van der Waals surface area contributed by atoms with Crippen LogP contribution in [0.25, 0.3) is 0 Å². The summed E-state index contributed by atoms with van der Waals surface area (Å²) >= 11 is 0. The molecule has 1 heterocycles. The highest BCUT2D eigenvalue weighted by Gasteiger charge is 2.37. The van der Waals surface area contributed by atoms with Gasteiger partial charge < -0.3 is 9.05 Å². The Morgan fingerprint density at radius 3 is 2.46 bits per heavy atom. The summed E-state index contributed by atoms with van der Waals surface area (Å²) in [5.41, 5.74) is 0. The van der Waals surface area contributed by atoms with E-state index in [-0.39, 0.29) is 6.10 Å². The van der Waals surface area contributed by atoms with Crippen molar-refractivity contribution in [2.24, 2.45) is 0 Å². The zero-order chi connectivity index (χ0) is 10.1. The van der Waals surface area contributed by atoms with Crippen LogP contribution in [0.2, 0.25) is 19.6 Å². The minimum absolute atomic E-state index is 0.267. The minimum Gasteiger partial charge on any atom is -0.321 e. The largest absolute Gasteiger partial charge is 0.321 e. The van der Waals surface area contributed by atoms with Crippen molar-refractivity contribution in [1.29, 1.82) is 0 Å². The third-order valence-corrected chi connectivity index (χ3v) is 7.44. The van der Waals surface area contributed by atoms with Crippen LogP contribution in [0.3, 0.4) is 0 Å².